The highest BCUT2D eigenvalue weighted by atomic mass is 16.3. The predicted molar refractivity (Wildman–Crippen MR) is 56.0 cm³/mol. The van der Waals surface area contributed by atoms with Gasteiger partial charge in [0.2, 0.25) is 0 Å². The van der Waals surface area contributed by atoms with Gasteiger partial charge in [0.1, 0.15) is 12.4 Å². The van der Waals surface area contributed by atoms with Crippen molar-refractivity contribution in [2.24, 2.45) is 0 Å². The Hall–Kier alpha value is -1.35. The van der Waals surface area contributed by atoms with Crippen LogP contribution in [-0.2, 0) is 13.0 Å². The summed E-state index contributed by atoms with van der Waals surface area (Å²) in [5.41, 5.74) is 3.25. The average Bonchev–Trinajstić information content (AvgIpc) is 2.60. The van der Waals surface area contributed by atoms with Gasteiger partial charge >= 0.3 is 0 Å². The maximum atomic E-state index is 8.92. The molecule has 2 aromatic rings. The summed E-state index contributed by atoms with van der Waals surface area (Å²) in [5.74, 6) is 0.633. The van der Waals surface area contributed by atoms with E-state index in [1.165, 1.54) is 5.56 Å². The Morgan fingerprint density at radius 2 is 2.29 bits per heavy atom. The molecule has 3 nitrogen and oxygen atoms in total. The topological polar surface area (TPSA) is 48.9 Å². The van der Waals surface area contributed by atoms with Crippen LogP contribution in [-0.4, -0.2) is 15.1 Å². The van der Waals surface area contributed by atoms with E-state index in [-0.39, 0.29) is 6.61 Å². The number of nitrogens with zero attached hydrogens (tertiary/aromatic N) is 1. The van der Waals surface area contributed by atoms with Gasteiger partial charge in [-0.25, -0.2) is 4.98 Å². The largest absolute Gasteiger partial charge is 0.388 e. The molecule has 2 N–H and O–H groups in total. The SMILES string of the molecule is CCCc1ccc2nc(CO)[nH]c2c1. The van der Waals surface area contributed by atoms with Gasteiger partial charge < -0.3 is 10.1 Å². The lowest BCUT2D eigenvalue weighted by atomic mass is 10.1. The molecular weight excluding hydrogens is 176 g/mol. The Balaban J connectivity index is 2.43. The smallest absolute Gasteiger partial charge is 0.133 e. The van der Waals surface area contributed by atoms with Crippen LogP contribution in [0.5, 0.6) is 0 Å². The molecule has 0 atom stereocenters. The van der Waals surface area contributed by atoms with Gasteiger partial charge in [0.25, 0.3) is 0 Å². The van der Waals surface area contributed by atoms with Crippen molar-refractivity contribution in [1.82, 2.24) is 9.97 Å². The number of aliphatic hydroxyl groups excluding tert-OH is 1. The first kappa shape index (κ1) is 9.21. The van der Waals surface area contributed by atoms with E-state index in [2.05, 4.69) is 29.0 Å². The molecule has 0 fully saturated rings. The van der Waals surface area contributed by atoms with Crippen LogP contribution in [0.2, 0.25) is 0 Å². The summed E-state index contributed by atoms with van der Waals surface area (Å²) in [6.45, 7) is 2.13. The Morgan fingerprint density at radius 3 is 3.00 bits per heavy atom. The third-order valence-electron chi connectivity index (χ3n) is 2.28. The lowest BCUT2D eigenvalue weighted by Crippen LogP contribution is -1.83. The van der Waals surface area contributed by atoms with Crippen molar-refractivity contribution < 1.29 is 5.11 Å². The number of hydrogen-bond donors (Lipinski definition) is 2. The fourth-order valence-electron chi connectivity index (χ4n) is 1.63. The molecule has 1 heterocycles. The first-order valence-electron chi connectivity index (χ1n) is 4.92. The minimum atomic E-state index is -0.0300. The minimum Gasteiger partial charge on any atom is -0.388 e. The van der Waals surface area contributed by atoms with Gasteiger partial charge in [-0.15, -0.1) is 0 Å². The Kier molecular flexibility index (Phi) is 2.50. The first-order valence-corrected chi connectivity index (χ1v) is 4.92. The quantitative estimate of drug-likeness (QED) is 0.777. The van der Waals surface area contributed by atoms with E-state index >= 15 is 0 Å². The zero-order valence-electron chi connectivity index (χ0n) is 8.25. The van der Waals surface area contributed by atoms with Crippen LogP contribution in [0.3, 0.4) is 0 Å². The highest BCUT2D eigenvalue weighted by Gasteiger charge is 2.01. The molecule has 0 aliphatic heterocycles. The molecule has 0 unspecified atom stereocenters. The Labute approximate surface area is 82.8 Å². The van der Waals surface area contributed by atoms with E-state index in [4.69, 9.17) is 5.11 Å². The molecule has 0 spiro atoms. The maximum absolute atomic E-state index is 8.92. The standard InChI is InChI=1S/C11H14N2O/c1-2-3-8-4-5-9-10(6-8)13-11(7-14)12-9/h4-6,14H,2-3,7H2,1H3,(H,12,13). The first-order chi connectivity index (χ1) is 6.83. The number of H-pyrrole nitrogens is 1. The number of benzene rings is 1. The van der Waals surface area contributed by atoms with E-state index in [1.807, 2.05) is 6.07 Å². The number of nitrogens with one attached hydrogen (secondary N) is 1. The molecule has 1 aromatic carbocycles. The van der Waals surface area contributed by atoms with E-state index in [1.54, 1.807) is 0 Å². The summed E-state index contributed by atoms with van der Waals surface area (Å²) in [6, 6.07) is 6.19. The lowest BCUT2D eigenvalue weighted by Gasteiger charge is -1.96. The molecule has 0 bridgehead atoms. The van der Waals surface area contributed by atoms with Crippen molar-refractivity contribution in [3.8, 4) is 0 Å². The van der Waals surface area contributed by atoms with Gasteiger partial charge in [0, 0.05) is 0 Å². The summed E-state index contributed by atoms with van der Waals surface area (Å²) >= 11 is 0. The zero-order valence-corrected chi connectivity index (χ0v) is 8.25. The molecule has 0 saturated carbocycles. The van der Waals surface area contributed by atoms with Crippen molar-refractivity contribution in [3.63, 3.8) is 0 Å². The molecular formula is C11H14N2O. The number of aromatic nitrogens is 2. The third-order valence-corrected chi connectivity index (χ3v) is 2.28. The van der Waals surface area contributed by atoms with Crippen molar-refractivity contribution >= 4 is 11.0 Å². The third kappa shape index (κ3) is 1.63. The van der Waals surface area contributed by atoms with Gasteiger partial charge in [-0.05, 0) is 24.1 Å². The number of hydrogen-bond acceptors (Lipinski definition) is 2. The van der Waals surface area contributed by atoms with Gasteiger partial charge in [0.15, 0.2) is 0 Å². The number of aryl methyl sites for hydroxylation is 1. The summed E-state index contributed by atoms with van der Waals surface area (Å²) in [5, 5.41) is 8.92. The second kappa shape index (κ2) is 3.80. The number of aliphatic hydroxyl groups is 1. The van der Waals surface area contributed by atoms with Crippen LogP contribution in [0.1, 0.15) is 24.7 Å². The van der Waals surface area contributed by atoms with Gasteiger partial charge in [-0.2, -0.15) is 0 Å². The van der Waals surface area contributed by atoms with E-state index < -0.39 is 0 Å². The molecule has 3 heteroatoms. The number of fused-ring (bicyclic) bond motifs is 1. The number of rotatable bonds is 3. The molecule has 14 heavy (non-hydrogen) atoms. The molecule has 1 aromatic heterocycles. The minimum absolute atomic E-state index is 0.0300. The predicted octanol–water partition coefficient (Wildman–Crippen LogP) is 2.01. The van der Waals surface area contributed by atoms with Crippen LogP contribution >= 0.6 is 0 Å². The summed E-state index contributed by atoms with van der Waals surface area (Å²) in [4.78, 5) is 7.31. The van der Waals surface area contributed by atoms with Crippen molar-refractivity contribution in [3.05, 3.63) is 29.6 Å². The van der Waals surface area contributed by atoms with E-state index in [9.17, 15) is 0 Å². The Bertz CT molecular complexity index is 434. The highest BCUT2D eigenvalue weighted by Crippen LogP contribution is 2.14. The van der Waals surface area contributed by atoms with Crippen molar-refractivity contribution in [1.29, 1.82) is 0 Å². The molecule has 0 amide bonds. The molecule has 0 radical (unpaired) electrons. The van der Waals surface area contributed by atoms with Gasteiger partial charge in [-0.1, -0.05) is 19.4 Å². The van der Waals surface area contributed by atoms with Crippen LogP contribution in [0.4, 0.5) is 0 Å². The number of imidazole rings is 1. The van der Waals surface area contributed by atoms with Crippen LogP contribution < -0.4 is 0 Å². The molecule has 74 valence electrons. The zero-order chi connectivity index (χ0) is 9.97. The van der Waals surface area contributed by atoms with Gasteiger partial charge in [-0.3, -0.25) is 0 Å². The molecule has 2 rings (SSSR count). The summed E-state index contributed by atoms with van der Waals surface area (Å²) in [7, 11) is 0. The maximum Gasteiger partial charge on any atom is 0.133 e. The second-order valence-electron chi connectivity index (χ2n) is 3.44. The molecule has 0 aliphatic rings. The molecule has 0 aliphatic carbocycles. The number of aromatic amines is 1. The summed E-state index contributed by atoms with van der Waals surface area (Å²) in [6.07, 6.45) is 2.23. The fourth-order valence-corrected chi connectivity index (χ4v) is 1.63. The van der Waals surface area contributed by atoms with Crippen LogP contribution in [0.15, 0.2) is 18.2 Å². The van der Waals surface area contributed by atoms with Crippen molar-refractivity contribution in [2.75, 3.05) is 0 Å². The monoisotopic (exact) mass is 190 g/mol. The fraction of sp³-hybridized carbons (Fsp3) is 0.364. The van der Waals surface area contributed by atoms with E-state index in [0.717, 1.165) is 23.9 Å². The van der Waals surface area contributed by atoms with E-state index in [0.29, 0.717) is 5.82 Å². The highest BCUT2D eigenvalue weighted by molar-refractivity contribution is 5.75. The lowest BCUT2D eigenvalue weighted by molar-refractivity contribution is 0.273. The van der Waals surface area contributed by atoms with Crippen LogP contribution in [0, 0.1) is 0 Å². The molecule has 0 saturated heterocycles. The second-order valence-corrected chi connectivity index (χ2v) is 3.44. The Morgan fingerprint density at radius 1 is 1.43 bits per heavy atom. The van der Waals surface area contributed by atoms with Crippen molar-refractivity contribution in [2.45, 2.75) is 26.4 Å². The normalized spacial score (nSPS) is 11.0. The van der Waals surface area contributed by atoms with Crippen LogP contribution in [0.25, 0.3) is 11.0 Å². The van der Waals surface area contributed by atoms with Gasteiger partial charge in [0.05, 0.1) is 11.0 Å². The average molecular weight is 190 g/mol. The summed E-state index contributed by atoms with van der Waals surface area (Å²) < 4.78 is 0.